The van der Waals surface area contributed by atoms with E-state index < -0.39 is 34.4 Å². The molecule has 8 nitrogen and oxygen atoms in total. The minimum atomic E-state index is -3.71. The molecule has 2 aliphatic rings. The highest BCUT2D eigenvalue weighted by atomic mass is 32.2. The van der Waals surface area contributed by atoms with E-state index in [0.717, 1.165) is 24.3 Å². The number of rotatable bonds is 7. The summed E-state index contributed by atoms with van der Waals surface area (Å²) in [4.78, 5) is 4.62. The van der Waals surface area contributed by atoms with Crippen molar-refractivity contribution >= 4 is 15.7 Å². The topological polar surface area (TPSA) is 102 Å². The molecule has 0 aliphatic carbocycles. The van der Waals surface area contributed by atoms with Crippen molar-refractivity contribution in [1.82, 2.24) is 9.62 Å². The molecule has 0 bridgehead atoms. The number of aliphatic hydroxyl groups is 2. The molecule has 0 radical (unpaired) electrons. The van der Waals surface area contributed by atoms with E-state index in [1.807, 2.05) is 25.1 Å². The van der Waals surface area contributed by atoms with Crippen molar-refractivity contribution in [2.75, 3.05) is 44.2 Å². The molecule has 3 N–H and O–H groups in total. The molecule has 2 fully saturated rings. The van der Waals surface area contributed by atoms with Gasteiger partial charge in [0.05, 0.1) is 23.6 Å². The first-order valence-corrected chi connectivity index (χ1v) is 12.4. The van der Waals surface area contributed by atoms with E-state index in [4.69, 9.17) is 4.74 Å². The number of nitrogens with zero attached hydrogens (tertiary/aromatic N) is 2. The molecule has 4 atom stereocenters. The van der Waals surface area contributed by atoms with Crippen LogP contribution >= 0.6 is 0 Å². The molecule has 0 amide bonds. The van der Waals surface area contributed by atoms with Crippen LogP contribution in [-0.4, -0.2) is 87.2 Å². The number of aliphatic hydroxyl groups excluding tert-OH is 2. The average molecular weight is 462 g/mol. The number of sulfonamides is 1. The van der Waals surface area contributed by atoms with Crippen molar-refractivity contribution in [1.29, 1.82) is 0 Å². The van der Waals surface area contributed by atoms with E-state index in [1.54, 1.807) is 24.3 Å². The van der Waals surface area contributed by atoms with Crippen molar-refractivity contribution in [3.63, 3.8) is 0 Å². The SMILES string of the molecule is Cc1ccc(S(=O)(=O)NC[C@@H]2O[C@@H](CO)[C@@H](O)[C@H]2N2CCN(c3ccccc3)CC2)cc1. The molecule has 2 heterocycles. The van der Waals surface area contributed by atoms with Crippen molar-refractivity contribution in [3.05, 3.63) is 60.2 Å². The Kier molecular flexibility index (Phi) is 7.14. The summed E-state index contributed by atoms with van der Waals surface area (Å²) < 4.78 is 33.9. The van der Waals surface area contributed by atoms with Crippen LogP contribution in [0.4, 0.5) is 5.69 Å². The lowest BCUT2D eigenvalue weighted by molar-refractivity contribution is -0.0201. The second-order valence-corrected chi connectivity index (χ2v) is 10.2. The van der Waals surface area contributed by atoms with Crippen LogP contribution in [0.2, 0.25) is 0 Å². The van der Waals surface area contributed by atoms with Crippen molar-refractivity contribution < 1.29 is 23.4 Å². The molecule has 0 spiro atoms. The van der Waals surface area contributed by atoms with Gasteiger partial charge in [-0.05, 0) is 31.2 Å². The fourth-order valence-electron chi connectivity index (χ4n) is 4.51. The van der Waals surface area contributed by atoms with Gasteiger partial charge < -0.3 is 19.8 Å². The van der Waals surface area contributed by atoms with Crippen molar-refractivity contribution in [2.45, 2.75) is 36.2 Å². The highest BCUT2D eigenvalue weighted by molar-refractivity contribution is 7.89. The zero-order valence-electron chi connectivity index (χ0n) is 18.2. The second-order valence-electron chi connectivity index (χ2n) is 8.40. The summed E-state index contributed by atoms with van der Waals surface area (Å²) in [6, 6.07) is 16.4. The van der Waals surface area contributed by atoms with E-state index in [9.17, 15) is 18.6 Å². The fourth-order valence-corrected chi connectivity index (χ4v) is 5.55. The van der Waals surface area contributed by atoms with Crippen LogP contribution < -0.4 is 9.62 Å². The number of aryl methyl sites for hydroxylation is 1. The Balaban J connectivity index is 1.42. The molecule has 32 heavy (non-hydrogen) atoms. The van der Waals surface area contributed by atoms with Gasteiger partial charge in [-0.3, -0.25) is 4.90 Å². The highest BCUT2D eigenvalue weighted by Gasteiger charge is 2.47. The standard InChI is InChI=1S/C23H31N3O5S/c1-17-7-9-19(10-8-17)32(29,30)24-15-20-22(23(28)21(16-27)31-20)26-13-11-25(12-14-26)18-5-3-2-4-6-18/h2-10,20-24,27-28H,11-16H2,1H3/t20-,21-,22-,23+/m0/s1. The van der Waals surface area contributed by atoms with Gasteiger partial charge in [0.2, 0.25) is 10.0 Å². The maximum absolute atomic E-state index is 12.7. The third-order valence-electron chi connectivity index (χ3n) is 6.30. The Labute approximate surface area is 189 Å². The lowest BCUT2D eigenvalue weighted by atomic mass is 10.0. The highest BCUT2D eigenvalue weighted by Crippen LogP contribution is 2.28. The monoisotopic (exact) mass is 461 g/mol. The van der Waals surface area contributed by atoms with Gasteiger partial charge in [0.25, 0.3) is 0 Å². The quantitative estimate of drug-likeness (QED) is 0.555. The van der Waals surface area contributed by atoms with Gasteiger partial charge in [0.15, 0.2) is 0 Å². The zero-order chi connectivity index (χ0) is 22.7. The van der Waals surface area contributed by atoms with Gasteiger partial charge in [-0.25, -0.2) is 13.1 Å². The number of piperazine rings is 1. The number of ether oxygens (including phenoxy) is 1. The number of para-hydroxylation sites is 1. The molecule has 2 aliphatic heterocycles. The molecule has 0 aromatic heterocycles. The first-order valence-electron chi connectivity index (χ1n) is 10.9. The lowest BCUT2D eigenvalue weighted by Crippen LogP contribution is -2.57. The summed E-state index contributed by atoms with van der Waals surface area (Å²) >= 11 is 0. The van der Waals surface area contributed by atoms with E-state index in [1.165, 1.54) is 0 Å². The van der Waals surface area contributed by atoms with Crippen molar-refractivity contribution in [2.24, 2.45) is 0 Å². The summed E-state index contributed by atoms with van der Waals surface area (Å²) in [5, 5.41) is 20.5. The first-order chi connectivity index (χ1) is 15.4. The van der Waals surface area contributed by atoms with Crippen LogP contribution in [-0.2, 0) is 14.8 Å². The Hall–Kier alpha value is -2.01. The van der Waals surface area contributed by atoms with Gasteiger partial charge >= 0.3 is 0 Å². The van der Waals surface area contributed by atoms with Gasteiger partial charge in [-0.15, -0.1) is 0 Å². The van der Waals surface area contributed by atoms with Crippen LogP contribution in [0, 0.1) is 6.92 Å². The van der Waals surface area contributed by atoms with E-state index in [0.29, 0.717) is 13.1 Å². The molecular weight excluding hydrogens is 430 g/mol. The zero-order valence-corrected chi connectivity index (χ0v) is 19.0. The summed E-state index contributed by atoms with van der Waals surface area (Å²) in [5.74, 6) is 0. The predicted octanol–water partition coefficient (Wildman–Crippen LogP) is 0.585. The van der Waals surface area contributed by atoms with Gasteiger partial charge in [0.1, 0.15) is 12.2 Å². The number of hydrogen-bond donors (Lipinski definition) is 3. The van der Waals surface area contributed by atoms with Crippen LogP contribution in [0.3, 0.4) is 0 Å². The van der Waals surface area contributed by atoms with E-state index >= 15 is 0 Å². The average Bonchev–Trinajstić information content (AvgIpc) is 3.14. The maximum Gasteiger partial charge on any atom is 0.240 e. The first kappa shape index (κ1) is 23.2. The van der Waals surface area contributed by atoms with Gasteiger partial charge in [-0.1, -0.05) is 35.9 Å². The third kappa shape index (κ3) is 4.98. The molecular formula is C23H31N3O5S. The lowest BCUT2D eigenvalue weighted by Gasteiger charge is -2.41. The molecule has 2 saturated heterocycles. The summed E-state index contributed by atoms with van der Waals surface area (Å²) in [6.07, 6.45) is -2.19. The smallest absolute Gasteiger partial charge is 0.240 e. The minimum absolute atomic E-state index is 0.0212. The van der Waals surface area contributed by atoms with Gasteiger partial charge in [0, 0.05) is 38.4 Å². The van der Waals surface area contributed by atoms with Crippen molar-refractivity contribution in [3.8, 4) is 0 Å². The summed E-state index contributed by atoms with van der Waals surface area (Å²) in [6.45, 7) is 4.60. The Bertz CT molecular complexity index is 978. The Morgan fingerprint density at radius 2 is 1.66 bits per heavy atom. The van der Waals surface area contributed by atoms with Gasteiger partial charge in [-0.2, -0.15) is 0 Å². The van der Waals surface area contributed by atoms with Crippen LogP contribution in [0.15, 0.2) is 59.5 Å². The van der Waals surface area contributed by atoms with E-state index in [-0.39, 0.29) is 18.0 Å². The summed E-state index contributed by atoms with van der Waals surface area (Å²) in [7, 11) is -3.71. The minimum Gasteiger partial charge on any atom is -0.394 e. The van der Waals surface area contributed by atoms with Crippen LogP contribution in [0.1, 0.15) is 5.56 Å². The molecule has 174 valence electrons. The normalized spacial score (nSPS) is 27.0. The Morgan fingerprint density at radius 1 is 1.00 bits per heavy atom. The molecule has 9 heteroatoms. The number of nitrogens with one attached hydrogen (secondary N) is 1. The molecule has 0 unspecified atom stereocenters. The third-order valence-corrected chi connectivity index (χ3v) is 7.74. The van der Waals surface area contributed by atoms with Crippen LogP contribution in [0.5, 0.6) is 0 Å². The van der Waals surface area contributed by atoms with Crippen LogP contribution in [0.25, 0.3) is 0 Å². The second kappa shape index (κ2) is 9.86. The fraction of sp³-hybridized carbons (Fsp3) is 0.478. The summed E-state index contributed by atoms with van der Waals surface area (Å²) in [5.41, 5.74) is 2.14. The maximum atomic E-state index is 12.7. The molecule has 4 rings (SSSR count). The number of benzene rings is 2. The number of hydrogen-bond acceptors (Lipinski definition) is 7. The molecule has 0 saturated carbocycles. The molecule has 2 aromatic carbocycles. The predicted molar refractivity (Wildman–Crippen MR) is 122 cm³/mol. The molecule has 2 aromatic rings. The number of anilines is 1. The Morgan fingerprint density at radius 3 is 2.28 bits per heavy atom. The van der Waals surface area contributed by atoms with E-state index in [2.05, 4.69) is 26.7 Å². The largest absolute Gasteiger partial charge is 0.394 e.